The van der Waals surface area contributed by atoms with Crippen LogP contribution in [0.15, 0.2) is 12.4 Å². The quantitative estimate of drug-likeness (QED) is 0.736. The molecule has 1 aromatic rings. The van der Waals surface area contributed by atoms with E-state index in [9.17, 15) is 4.79 Å². The number of carbonyl (C=O) groups is 1. The van der Waals surface area contributed by atoms with Crippen LogP contribution in [-0.4, -0.2) is 27.9 Å². The zero-order valence-corrected chi connectivity index (χ0v) is 8.92. The van der Waals surface area contributed by atoms with E-state index < -0.39 is 0 Å². The predicted octanol–water partition coefficient (Wildman–Crippen LogP) is 0.708. The van der Waals surface area contributed by atoms with Crippen molar-refractivity contribution < 1.29 is 4.79 Å². The first-order valence-electron chi connectivity index (χ1n) is 4.53. The summed E-state index contributed by atoms with van der Waals surface area (Å²) in [5.41, 5.74) is 0. The lowest BCUT2D eigenvalue weighted by molar-refractivity contribution is -0.120. The van der Waals surface area contributed by atoms with E-state index in [-0.39, 0.29) is 5.91 Å². The van der Waals surface area contributed by atoms with Crippen molar-refractivity contribution in [3.63, 3.8) is 0 Å². The molecule has 1 N–H and O–H groups in total. The number of carbonyl (C=O) groups excluding carboxylic acids is 1. The number of imidazole rings is 1. The molecule has 78 valence electrons. The molecule has 0 atom stereocenters. The summed E-state index contributed by atoms with van der Waals surface area (Å²) < 4.78 is 1.94. The molecule has 4 nitrogen and oxygen atoms in total. The van der Waals surface area contributed by atoms with Crippen molar-refractivity contribution in [3.8, 4) is 0 Å². The number of aryl methyl sites for hydroxylation is 1. The molecule has 14 heavy (non-hydrogen) atoms. The molecule has 0 saturated carbocycles. The number of aromatic nitrogens is 2. The van der Waals surface area contributed by atoms with Crippen LogP contribution in [0.1, 0.15) is 12.2 Å². The van der Waals surface area contributed by atoms with Crippen molar-refractivity contribution in [1.29, 1.82) is 0 Å². The van der Waals surface area contributed by atoms with Gasteiger partial charge in [-0.05, 0) is 0 Å². The monoisotopic (exact) mass is 215 g/mol. The molecule has 0 spiro atoms. The minimum atomic E-state index is -0.00536. The Labute approximate surface area is 88.3 Å². The Morgan fingerprint density at radius 3 is 3.07 bits per heavy atom. The largest absolute Gasteiger partial charge is 0.356 e. The van der Waals surface area contributed by atoms with E-state index >= 15 is 0 Å². The van der Waals surface area contributed by atoms with Gasteiger partial charge in [-0.25, -0.2) is 4.98 Å². The molecule has 5 heteroatoms. The van der Waals surface area contributed by atoms with Gasteiger partial charge in [0.25, 0.3) is 0 Å². The number of halogens is 1. The van der Waals surface area contributed by atoms with Gasteiger partial charge in [-0.1, -0.05) is 0 Å². The van der Waals surface area contributed by atoms with Crippen LogP contribution in [0.5, 0.6) is 0 Å². The number of hydrogen-bond donors (Lipinski definition) is 1. The Hall–Kier alpha value is -1.03. The van der Waals surface area contributed by atoms with Crippen LogP contribution in [0, 0.1) is 0 Å². The van der Waals surface area contributed by atoms with Crippen LogP contribution in [-0.2, 0) is 18.3 Å². The minimum absolute atomic E-state index is 0.00536. The van der Waals surface area contributed by atoms with Crippen LogP contribution in [0.2, 0.25) is 0 Å². The molecule has 0 bridgehead atoms. The summed E-state index contributed by atoms with van der Waals surface area (Å²) in [6.45, 7) is 0.612. The topological polar surface area (TPSA) is 46.9 Å². The van der Waals surface area contributed by atoms with Gasteiger partial charge in [-0.3, -0.25) is 4.79 Å². The first-order valence-corrected chi connectivity index (χ1v) is 5.06. The van der Waals surface area contributed by atoms with Crippen LogP contribution >= 0.6 is 11.6 Å². The van der Waals surface area contributed by atoms with E-state index in [0.29, 0.717) is 18.8 Å². The van der Waals surface area contributed by atoms with Gasteiger partial charge in [-0.15, -0.1) is 11.6 Å². The summed E-state index contributed by atoms with van der Waals surface area (Å²) in [4.78, 5) is 15.2. The minimum Gasteiger partial charge on any atom is -0.356 e. The zero-order valence-electron chi connectivity index (χ0n) is 8.16. The van der Waals surface area contributed by atoms with Crippen molar-refractivity contribution in [3.05, 3.63) is 18.2 Å². The molecule has 0 saturated heterocycles. The zero-order chi connectivity index (χ0) is 10.4. The van der Waals surface area contributed by atoms with Gasteiger partial charge >= 0.3 is 0 Å². The smallest absolute Gasteiger partial charge is 0.221 e. The summed E-state index contributed by atoms with van der Waals surface area (Å²) in [5.74, 6) is 1.33. The van der Waals surface area contributed by atoms with Crippen molar-refractivity contribution in [2.45, 2.75) is 12.8 Å². The molecule has 0 aliphatic heterocycles. The Morgan fingerprint density at radius 2 is 2.50 bits per heavy atom. The molecule has 0 aliphatic rings. The summed E-state index contributed by atoms with van der Waals surface area (Å²) in [7, 11) is 1.93. The Morgan fingerprint density at radius 1 is 1.71 bits per heavy atom. The van der Waals surface area contributed by atoms with Crippen LogP contribution in [0.25, 0.3) is 0 Å². The Bertz CT molecular complexity index is 298. The molecule has 0 radical (unpaired) electrons. The average molecular weight is 216 g/mol. The van der Waals surface area contributed by atoms with Crippen LogP contribution in [0.4, 0.5) is 0 Å². The molecule has 0 aliphatic carbocycles. The molecule has 0 unspecified atom stereocenters. The van der Waals surface area contributed by atoms with E-state index in [4.69, 9.17) is 11.6 Å². The molecule has 1 rings (SSSR count). The van der Waals surface area contributed by atoms with Gasteiger partial charge in [0.05, 0.1) is 0 Å². The summed E-state index contributed by atoms with van der Waals surface area (Å²) in [6, 6.07) is 0. The van der Waals surface area contributed by atoms with Crippen molar-refractivity contribution >= 4 is 17.5 Å². The maximum Gasteiger partial charge on any atom is 0.221 e. The molecular weight excluding hydrogens is 202 g/mol. The normalized spacial score (nSPS) is 10.1. The van der Waals surface area contributed by atoms with Gasteiger partial charge in [-0.2, -0.15) is 0 Å². The number of hydrogen-bond acceptors (Lipinski definition) is 2. The lowest BCUT2D eigenvalue weighted by Gasteiger charge is -2.03. The highest BCUT2D eigenvalue weighted by atomic mass is 35.5. The van der Waals surface area contributed by atoms with Crippen molar-refractivity contribution in [1.82, 2.24) is 14.9 Å². The maximum absolute atomic E-state index is 11.0. The second-order valence-electron chi connectivity index (χ2n) is 2.99. The van der Waals surface area contributed by atoms with Gasteiger partial charge < -0.3 is 9.88 Å². The number of alkyl halides is 1. The van der Waals surface area contributed by atoms with E-state index in [2.05, 4.69) is 10.3 Å². The number of nitrogens with one attached hydrogen (secondary N) is 1. The third kappa shape index (κ3) is 3.38. The second-order valence-corrected chi connectivity index (χ2v) is 3.37. The van der Waals surface area contributed by atoms with Gasteiger partial charge in [0.15, 0.2) is 0 Å². The van der Waals surface area contributed by atoms with Gasteiger partial charge in [0.1, 0.15) is 5.82 Å². The van der Waals surface area contributed by atoms with E-state index in [1.54, 1.807) is 6.20 Å². The Kier molecular flexibility index (Phi) is 4.46. The number of nitrogens with zero attached hydrogens (tertiary/aromatic N) is 2. The molecule has 1 heterocycles. The van der Waals surface area contributed by atoms with E-state index in [1.807, 2.05) is 17.8 Å². The first-order chi connectivity index (χ1) is 6.74. The fraction of sp³-hybridized carbons (Fsp3) is 0.556. The standard InChI is InChI=1S/C9H14ClN3O/c1-13-7-6-11-8(13)3-5-12-9(14)2-4-10/h6-7H,2-5H2,1H3,(H,12,14). The third-order valence-corrected chi connectivity index (χ3v) is 2.10. The van der Waals surface area contributed by atoms with E-state index in [1.165, 1.54) is 0 Å². The first kappa shape index (κ1) is 11.0. The average Bonchev–Trinajstić information content (AvgIpc) is 2.52. The highest BCUT2D eigenvalue weighted by Gasteiger charge is 2.01. The van der Waals surface area contributed by atoms with Crippen LogP contribution in [0.3, 0.4) is 0 Å². The SMILES string of the molecule is Cn1ccnc1CCNC(=O)CCCl. The number of rotatable bonds is 5. The fourth-order valence-electron chi connectivity index (χ4n) is 1.13. The maximum atomic E-state index is 11.0. The van der Waals surface area contributed by atoms with Gasteiger partial charge in [0, 0.05) is 44.7 Å². The Balaban J connectivity index is 2.22. The predicted molar refractivity (Wildman–Crippen MR) is 55.3 cm³/mol. The lowest BCUT2D eigenvalue weighted by atomic mass is 10.3. The summed E-state index contributed by atoms with van der Waals surface area (Å²) in [6.07, 6.45) is 4.76. The molecule has 0 aromatic carbocycles. The summed E-state index contributed by atoms with van der Waals surface area (Å²) >= 11 is 5.42. The molecule has 0 fully saturated rings. The lowest BCUT2D eigenvalue weighted by Crippen LogP contribution is -2.26. The molecular formula is C9H14ClN3O. The third-order valence-electron chi connectivity index (χ3n) is 1.91. The van der Waals surface area contributed by atoms with Crippen molar-refractivity contribution in [2.75, 3.05) is 12.4 Å². The fourth-order valence-corrected chi connectivity index (χ4v) is 1.30. The highest BCUT2D eigenvalue weighted by molar-refractivity contribution is 6.18. The second kappa shape index (κ2) is 5.65. The highest BCUT2D eigenvalue weighted by Crippen LogP contribution is 1.94. The van der Waals surface area contributed by atoms with Gasteiger partial charge in [0.2, 0.25) is 5.91 Å². The van der Waals surface area contributed by atoms with Crippen LogP contribution < -0.4 is 5.32 Å². The molecule has 1 amide bonds. The molecule has 1 aromatic heterocycles. The summed E-state index contributed by atoms with van der Waals surface area (Å²) in [5, 5.41) is 2.77. The van der Waals surface area contributed by atoms with Crippen molar-refractivity contribution in [2.24, 2.45) is 7.05 Å². The number of amides is 1. The van der Waals surface area contributed by atoms with E-state index in [0.717, 1.165) is 12.2 Å².